The molecule has 2 aromatic carbocycles. The molecule has 0 radical (unpaired) electrons. The molecule has 0 spiro atoms. The molecule has 0 fully saturated rings. The van der Waals surface area contributed by atoms with Gasteiger partial charge in [0.1, 0.15) is 28.7 Å². The van der Waals surface area contributed by atoms with E-state index in [1.807, 2.05) is 34.9 Å². The van der Waals surface area contributed by atoms with Crippen LogP contribution in [0.4, 0.5) is 11.5 Å². The van der Waals surface area contributed by atoms with Crippen LogP contribution in [-0.4, -0.2) is 27.0 Å². The van der Waals surface area contributed by atoms with Crippen molar-refractivity contribution in [1.29, 1.82) is 0 Å². The molecule has 0 aliphatic heterocycles. The molecule has 4 aromatic rings. The van der Waals surface area contributed by atoms with Crippen LogP contribution in [0.5, 0.6) is 11.5 Å². The second kappa shape index (κ2) is 9.24. The van der Waals surface area contributed by atoms with Crippen molar-refractivity contribution in [2.45, 2.75) is 33.6 Å². The highest BCUT2D eigenvalue weighted by Crippen LogP contribution is 2.42. The SMILES string of the molecule is CCCc1cc(O)cc(OCC(N)=O)c1-c1nc2ccccn2c1Nc1c(C)cccc1C. The number of amides is 1. The molecule has 170 valence electrons. The van der Waals surface area contributed by atoms with E-state index in [9.17, 15) is 9.90 Å². The number of phenols is 1. The van der Waals surface area contributed by atoms with Crippen molar-refractivity contribution in [2.75, 3.05) is 11.9 Å². The normalized spacial score (nSPS) is 11.0. The number of para-hydroxylation sites is 1. The minimum atomic E-state index is -0.592. The number of nitrogens with two attached hydrogens (primary N) is 1. The molecular formula is C26H28N4O3. The van der Waals surface area contributed by atoms with Crippen molar-refractivity contribution in [3.05, 3.63) is 71.4 Å². The molecule has 0 bridgehead atoms. The number of carbonyl (C=O) groups is 1. The predicted octanol–water partition coefficient (Wildman–Crippen LogP) is 4.88. The number of benzene rings is 2. The molecule has 7 nitrogen and oxygen atoms in total. The maximum Gasteiger partial charge on any atom is 0.255 e. The lowest BCUT2D eigenvalue weighted by Crippen LogP contribution is -2.20. The van der Waals surface area contributed by atoms with Gasteiger partial charge >= 0.3 is 0 Å². The van der Waals surface area contributed by atoms with Gasteiger partial charge in [0, 0.05) is 23.5 Å². The van der Waals surface area contributed by atoms with Crippen molar-refractivity contribution in [3.63, 3.8) is 0 Å². The van der Waals surface area contributed by atoms with Gasteiger partial charge in [0.05, 0.1) is 0 Å². The molecule has 4 rings (SSSR count). The lowest BCUT2D eigenvalue weighted by Gasteiger charge is -2.18. The van der Waals surface area contributed by atoms with Crippen molar-refractivity contribution >= 4 is 23.1 Å². The van der Waals surface area contributed by atoms with Crippen LogP contribution in [0.2, 0.25) is 0 Å². The molecule has 4 N–H and O–H groups in total. The van der Waals surface area contributed by atoms with Crippen LogP contribution in [0, 0.1) is 13.8 Å². The maximum absolute atomic E-state index is 11.4. The molecule has 33 heavy (non-hydrogen) atoms. The third-order valence-electron chi connectivity index (χ3n) is 5.55. The molecule has 1 amide bonds. The Morgan fingerprint density at radius 2 is 1.91 bits per heavy atom. The first kappa shape index (κ1) is 22.2. The van der Waals surface area contributed by atoms with E-state index in [0.29, 0.717) is 17.9 Å². The van der Waals surface area contributed by atoms with Crippen LogP contribution in [0.1, 0.15) is 30.0 Å². The number of nitrogens with zero attached hydrogens (tertiary/aromatic N) is 2. The number of hydrogen-bond acceptors (Lipinski definition) is 5. The predicted molar refractivity (Wildman–Crippen MR) is 130 cm³/mol. The van der Waals surface area contributed by atoms with E-state index >= 15 is 0 Å². The first-order valence-electron chi connectivity index (χ1n) is 11.0. The van der Waals surface area contributed by atoms with E-state index < -0.39 is 5.91 Å². The summed E-state index contributed by atoms with van der Waals surface area (Å²) < 4.78 is 7.75. The number of primary amides is 1. The molecule has 0 saturated heterocycles. The Kier molecular flexibility index (Phi) is 6.22. The van der Waals surface area contributed by atoms with E-state index in [0.717, 1.165) is 45.8 Å². The standard InChI is InChI=1S/C26H28N4O3/c1-4-8-18-13-19(31)14-20(33-15-21(27)32)23(18)25-26(30-12-6-5-11-22(30)28-25)29-24-16(2)9-7-10-17(24)3/h5-7,9-14,29,31H,4,8,15H2,1-3H3,(H2,27,32). The van der Waals surface area contributed by atoms with Crippen LogP contribution in [0.3, 0.4) is 0 Å². The minimum absolute atomic E-state index is 0.0645. The Morgan fingerprint density at radius 3 is 2.61 bits per heavy atom. The van der Waals surface area contributed by atoms with Crippen LogP contribution < -0.4 is 15.8 Å². The third-order valence-corrected chi connectivity index (χ3v) is 5.55. The number of nitrogens with one attached hydrogen (secondary N) is 1. The fraction of sp³-hybridized carbons (Fsp3) is 0.231. The van der Waals surface area contributed by atoms with Crippen molar-refractivity contribution in [3.8, 4) is 22.8 Å². The Hall–Kier alpha value is -4.00. The highest BCUT2D eigenvalue weighted by Gasteiger charge is 2.23. The summed E-state index contributed by atoms with van der Waals surface area (Å²) in [5.74, 6) is 0.611. The minimum Gasteiger partial charge on any atom is -0.508 e. The maximum atomic E-state index is 11.4. The Morgan fingerprint density at radius 1 is 1.15 bits per heavy atom. The summed E-state index contributed by atoms with van der Waals surface area (Å²) in [7, 11) is 0. The van der Waals surface area contributed by atoms with Gasteiger partial charge < -0.3 is 20.9 Å². The van der Waals surface area contributed by atoms with E-state index in [-0.39, 0.29) is 12.4 Å². The third kappa shape index (κ3) is 4.48. The summed E-state index contributed by atoms with van der Waals surface area (Å²) >= 11 is 0. The van der Waals surface area contributed by atoms with E-state index in [2.05, 4.69) is 38.2 Å². The Balaban J connectivity index is 1.98. The van der Waals surface area contributed by atoms with Gasteiger partial charge in [0.25, 0.3) is 5.91 Å². The Labute approximate surface area is 192 Å². The largest absolute Gasteiger partial charge is 0.508 e. The molecule has 7 heteroatoms. The number of imidazole rings is 1. The van der Waals surface area contributed by atoms with Crippen molar-refractivity contribution in [1.82, 2.24) is 9.38 Å². The highest BCUT2D eigenvalue weighted by atomic mass is 16.5. The number of hydrogen-bond donors (Lipinski definition) is 3. The van der Waals surface area contributed by atoms with Crippen LogP contribution in [0.15, 0.2) is 54.7 Å². The summed E-state index contributed by atoms with van der Waals surface area (Å²) in [5, 5.41) is 13.9. The zero-order valence-electron chi connectivity index (χ0n) is 19.1. The van der Waals surface area contributed by atoms with Gasteiger partial charge in [-0.15, -0.1) is 0 Å². The first-order chi connectivity index (χ1) is 15.9. The first-order valence-corrected chi connectivity index (χ1v) is 11.0. The average Bonchev–Trinajstić information content (AvgIpc) is 3.13. The van der Waals surface area contributed by atoms with E-state index in [1.165, 1.54) is 6.07 Å². The second-order valence-corrected chi connectivity index (χ2v) is 8.11. The number of fused-ring (bicyclic) bond motifs is 1. The number of ether oxygens (including phenoxy) is 1. The van der Waals surface area contributed by atoms with E-state index in [4.69, 9.17) is 15.5 Å². The number of carbonyl (C=O) groups excluding carboxylic acids is 1. The monoisotopic (exact) mass is 444 g/mol. The zero-order chi connectivity index (χ0) is 23.5. The molecule has 0 unspecified atom stereocenters. The van der Waals surface area contributed by atoms with Gasteiger partial charge in [-0.3, -0.25) is 9.20 Å². The second-order valence-electron chi connectivity index (χ2n) is 8.11. The number of aryl methyl sites for hydroxylation is 3. The number of pyridine rings is 1. The van der Waals surface area contributed by atoms with Gasteiger partial charge in [-0.05, 0) is 55.2 Å². The van der Waals surface area contributed by atoms with Gasteiger partial charge in [-0.1, -0.05) is 37.6 Å². The van der Waals surface area contributed by atoms with Crippen molar-refractivity contribution in [2.24, 2.45) is 5.73 Å². The Bertz CT molecular complexity index is 1310. The number of aromatic nitrogens is 2. The summed E-state index contributed by atoms with van der Waals surface area (Å²) in [4.78, 5) is 16.4. The lowest BCUT2D eigenvalue weighted by molar-refractivity contribution is -0.119. The molecular weight excluding hydrogens is 416 g/mol. The van der Waals surface area contributed by atoms with Crippen LogP contribution in [-0.2, 0) is 11.2 Å². The quantitative estimate of drug-likeness (QED) is 0.359. The number of phenolic OH excluding ortho intramolecular Hbond substituents is 1. The van der Waals surface area contributed by atoms with Gasteiger partial charge in [0.15, 0.2) is 6.61 Å². The molecule has 0 saturated carbocycles. The number of anilines is 2. The topological polar surface area (TPSA) is 102 Å². The summed E-state index contributed by atoms with van der Waals surface area (Å²) in [6.07, 6.45) is 3.51. The smallest absolute Gasteiger partial charge is 0.255 e. The van der Waals surface area contributed by atoms with Crippen molar-refractivity contribution < 1.29 is 14.6 Å². The molecule has 0 aliphatic carbocycles. The van der Waals surface area contributed by atoms with Gasteiger partial charge in [-0.2, -0.15) is 0 Å². The fourth-order valence-electron chi connectivity index (χ4n) is 4.07. The molecule has 2 aromatic heterocycles. The molecule has 0 atom stereocenters. The lowest BCUT2D eigenvalue weighted by atomic mass is 9.98. The average molecular weight is 445 g/mol. The summed E-state index contributed by atoms with van der Waals surface area (Å²) in [6, 6.07) is 15.2. The molecule has 0 aliphatic rings. The van der Waals surface area contributed by atoms with Crippen LogP contribution >= 0.6 is 0 Å². The molecule has 2 heterocycles. The van der Waals surface area contributed by atoms with Crippen LogP contribution in [0.25, 0.3) is 16.9 Å². The fourth-order valence-corrected chi connectivity index (χ4v) is 4.07. The number of aromatic hydroxyl groups is 1. The van der Waals surface area contributed by atoms with E-state index in [1.54, 1.807) is 6.07 Å². The summed E-state index contributed by atoms with van der Waals surface area (Å²) in [6.45, 7) is 5.89. The van der Waals surface area contributed by atoms with Gasteiger partial charge in [0.2, 0.25) is 0 Å². The highest BCUT2D eigenvalue weighted by molar-refractivity contribution is 5.86. The van der Waals surface area contributed by atoms with Gasteiger partial charge in [-0.25, -0.2) is 4.98 Å². The number of rotatable bonds is 8. The summed E-state index contributed by atoms with van der Waals surface area (Å²) in [5.41, 5.74) is 11.6. The zero-order valence-corrected chi connectivity index (χ0v) is 19.1.